The second kappa shape index (κ2) is 4.76. The minimum absolute atomic E-state index is 0.00586. The Morgan fingerprint density at radius 3 is 2.68 bits per heavy atom. The molecule has 0 saturated carbocycles. The number of para-hydroxylation sites is 1. The van der Waals surface area contributed by atoms with Gasteiger partial charge in [0, 0.05) is 22.1 Å². The van der Waals surface area contributed by atoms with Gasteiger partial charge in [-0.2, -0.15) is 0 Å². The SMILES string of the molecule is O=C1Nc2ccccc2C1(Br)Cc1cccc(Br)c1. The zero-order valence-electron chi connectivity index (χ0n) is 9.99. The highest BCUT2D eigenvalue weighted by atomic mass is 79.9. The highest BCUT2D eigenvalue weighted by Gasteiger charge is 2.44. The molecule has 1 N–H and O–H groups in total. The first-order chi connectivity index (χ1) is 9.09. The predicted octanol–water partition coefficient (Wildman–Crippen LogP) is 4.23. The van der Waals surface area contributed by atoms with Crippen LogP contribution in [-0.2, 0) is 15.5 Å². The molecule has 0 spiro atoms. The van der Waals surface area contributed by atoms with Crippen molar-refractivity contribution in [3.05, 3.63) is 64.1 Å². The van der Waals surface area contributed by atoms with E-state index in [1.807, 2.05) is 48.5 Å². The molecule has 0 aromatic heterocycles. The monoisotopic (exact) mass is 379 g/mol. The average Bonchev–Trinajstić information content (AvgIpc) is 2.62. The van der Waals surface area contributed by atoms with E-state index in [4.69, 9.17) is 0 Å². The molecule has 4 heteroatoms. The van der Waals surface area contributed by atoms with Crippen molar-refractivity contribution in [1.29, 1.82) is 0 Å². The minimum Gasteiger partial charge on any atom is -0.324 e. The lowest BCUT2D eigenvalue weighted by Crippen LogP contribution is -2.30. The summed E-state index contributed by atoms with van der Waals surface area (Å²) in [6.45, 7) is 0. The first-order valence-electron chi connectivity index (χ1n) is 5.94. The van der Waals surface area contributed by atoms with E-state index >= 15 is 0 Å². The molecule has 1 atom stereocenters. The number of hydrogen-bond acceptors (Lipinski definition) is 1. The maximum absolute atomic E-state index is 12.3. The lowest BCUT2D eigenvalue weighted by Gasteiger charge is -2.20. The maximum Gasteiger partial charge on any atom is 0.246 e. The fourth-order valence-corrected chi connectivity index (χ4v) is 3.60. The molecule has 0 aliphatic carbocycles. The summed E-state index contributed by atoms with van der Waals surface area (Å²) in [4.78, 5) is 12.3. The van der Waals surface area contributed by atoms with Gasteiger partial charge in [0.15, 0.2) is 0 Å². The van der Waals surface area contributed by atoms with E-state index in [1.54, 1.807) is 0 Å². The highest BCUT2D eigenvalue weighted by molar-refractivity contribution is 9.10. The smallest absolute Gasteiger partial charge is 0.246 e. The number of benzene rings is 2. The molecule has 0 radical (unpaired) electrons. The van der Waals surface area contributed by atoms with Crippen LogP contribution in [-0.4, -0.2) is 5.91 Å². The maximum atomic E-state index is 12.3. The van der Waals surface area contributed by atoms with Crippen molar-refractivity contribution in [1.82, 2.24) is 0 Å². The second-order valence-electron chi connectivity index (χ2n) is 4.61. The van der Waals surface area contributed by atoms with Gasteiger partial charge in [-0.3, -0.25) is 4.79 Å². The van der Waals surface area contributed by atoms with Crippen LogP contribution in [0.2, 0.25) is 0 Å². The molecule has 1 aliphatic heterocycles. The number of carbonyl (C=O) groups is 1. The summed E-state index contributed by atoms with van der Waals surface area (Å²) >= 11 is 7.10. The Kier molecular flexibility index (Phi) is 3.23. The number of halogens is 2. The highest BCUT2D eigenvalue weighted by Crippen LogP contribution is 2.44. The standard InChI is InChI=1S/C15H11Br2NO/c16-11-5-3-4-10(8-11)9-15(17)12-6-1-2-7-13(12)18-14(15)19/h1-8H,9H2,(H,18,19). The molecular weight excluding hydrogens is 370 g/mol. The van der Waals surface area contributed by atoms with Crippen molar-refractivity contribution in [3.8, 4) is 0 Å². The van der Waals surface area contributed by atoms with E-state index in [0.717, 1.165) is 21.3 Å². The first-order valence-corrected chi connectivity index (χ1v) is 7.52. The van der Waals surface area contributed by atoms with Crippen LogP contribution in [0.3, 0.4) is 0 Å². The van der Waals surface area contributed by atoms with Crippen molar-refractivity contribution in [2.75, 3.05) is 5.32 Å². The van der Waals surface area contributed by atoms with Gasteiger partial charge in [0.25, 0.3) is 0 Å². The van der Waals surface area contributed by atoms with Crippen LogP contribution in [0.15, 0.2) is 53.0 Å². The Hall–Kier alpha value is -1.13. The van der Waals surface area contributed by atoms with Crippen LogP contribution in [0.25, 0.3) is 0 Å². The third-order valence-electron chi connectivity index (χ3n) is 3.30. The molecular formula is C15H11Br2NO. The summed E-state index contributed by atoms with van der Waals surface area (Å²) in [6, 6.07) is 15.8. The molecule has 2 nitrogen and oxygen atoms in total. The first kappa shape index (κ1) is 12.9. The van der Waals surface area contributed by atoms with Crippen molar-refractivity contribution < 1.29 is 4.79 Å². The molecule has 1 heterocycles. The third-order valence-corrected chi connectivity index (χ3v) is 4.86. The van der Waals surface area contributed by atoms with Gasteiger partial charge < -0.3 is 5.32 Å². The Morgan fingerprint density at radius 2 is 1.89 bits per heavy atom. The fourth-order valence-electron chi connectivity index (χ4n) is 2.39. The van der Waals surface area contributed by atoms with Gasteiger partial charge in [0.1, 0.15) is 4.32 Å². The van der Waals surface area contributed by atoms with Crippen LogP contribution >= 0.6 is 31.9 Å². The Labute approximate surface area is 128 Å². The van der Waals surface area contributed by atoms with E-state index in [1.165, 1.54) is 0 Å². The van der Waals surface area contributed by atoms with Crippen LogP contribution in [0.4, 0.5) is 5.69 Å². The number of amides is 1. The van der Waals surface area contributed by atoms with Gasteiger partial charge in [0.05, 0.1) is 0 Å². The minimum atomic E-state index is -0.676. The number of rotatable bonds is 2. The molecule has 0 bridgehead atoms. The zero-order chi connectivity index (χ0) is 13.5. The molecule has 96 valence electrons. The predicted molar refractivity (Wildman–Crippen MR) is 83.5 cm³/mol. The summed E-state index contributed by atoms with van der Waals surface area (Å²) in [5, 5.41) is 2.93. The van der Waals surface area contributed by atoms with Gasteiger partial charge in [0.2, 0.25) is 5.91 Å². The van der Waals surface area contributed by atoms with E-state index in [0.29, 0.717) is 6.42 Å². The van der Waals surface area contributed by atoms with Crippen molar-refractivity contribution >= 4 is 43.5 Å². The lowest BCUT2D eigenvalue weighted by atomic mass is 9.93. The Bertz CT molecular complexity index is 656. The van der Waals surface area contributed by atoms with Gasteiger partial charge in [-0.05, 0) is 23.8 Å². The molecule has 2 aromatic rings. The number of anilines is 1. The molecule has 0 fully saturated rings. The van der Waals surface area contributed by atoms with E-state index in [2.05, 4.69) is 37.2 Å². The van der Waals surface area contributed by atoms with E-state index in [9.17, 15) is 4.79 Å². The number of fused-ring (bicyclic) bond motifs is 1. The van der Waals surface area contributed by atoms with Crippen molar-refractivity contribution in [2.24, 2.45) is 0 Å². The van der Waals surface area contributed by atoms with Crippen LogP contribution in [0.1, 0.15) is 11.1 Å². The zero-order valence-corrected chi connectivity index (χ0v) is 13.2. The number of hydrogen-bond donors (Lipinski definition) is 1. The Morgan fingerprint density at radius 1 is 1.11 bits per heavy atom. The molecule has 1 unspecified atom stereocenters. The van der Waals surface area contributed by atoms with Crippen LogP contribution < -0.4 is 5.32 Å². The lowest BCUT2D eigenvalue weighted by molar-refractivity contribution is -0.117. The van der Waals surface area contributed by atoms with E-state index < -0.39 is 4.32 Å². The normalized spacial score (nSPS) is 21.1. The number of alkyl halides is 1. The summed E-state index contributed by atoms with van der Waals surface area (Å²) in [5.74, 6) is -0.00586. The van der Waals surface area contributed by atoms with Crippen molar-refractivity contribution in [3.63, 3.8) is 0 Å². The quantitative estimate of drug-likeness (QED) is 0.776. The molecule has 1 amide bonds. The molecule has 0 saturated heterocycles. The van der Waals surface area contributed by atoms with Crippen molar-refractivity contribution in [2.45, 2.75) is 10.7 Å². The van der Waals surface area contributed by atoms with Crippen LogP contribution in [0.5, 0.6) is 0 Å². The molecule has 2 aromatic carbocycles. The molecule has 1 aliphatic rings. The molecule has 19 heavy (non-hydrogen) atoms. The summed E-state index contributed by atoms with van der Waals surface area (Å²) in [7, 11) is 0. The van der Waals surface area contributed by atoms with Gasteiger partial charge >= 0.3 is 0 Å². The van der Waals surface area contributed by atoms with Gasteiger partial charge in [-0.25, -0.2) is 0 Å². The molecule has 3 rings (SSSR count). The fraction of sp³-hybridized carbons (Fsp3) is 0.133. The van der Waals surface area contributed by atoms with E-state index in [-0.39, 0.29) is 5.91 Å². The van der Waals surface area contributed by atoms with Crippen LogP contribution in [0, 0.1) is 0 Å². The summed E-state index contributed by atoms with van der Waals surface area (Å²) in [5.41, 5.74) is 3.00. The number of nitrogens with one attached hydrogen (secondary N) is 1. The number of carbonyl (C=O) groups excluding carboxylic acids is 1. The van der Waals surface area contributed by atoms with Gasteiger partial charge in [-0.15, -0.1) is 0 Å². The topological polar surface area (TPSA) is 29.1 Å². The third kappa shape index (κ3) is 2.23. The Balaban J connectivity index is 2.01. The average molecular weight is 381 g/mol. The summed E-state index contributed by atoms with van der Waals surface area (Å²) < 4.78 is 0.345. The summed E-state index contributed by atoms with van der Waals surface area (Å²) in [6.07, 6.45) is 0.620. The van der Waals surface area contributed by atoms with Gasteiger partial charge in [-0.1, -0.05) is 62.2 Å². The second-order valence-corrected chi connectivity index (χ2v) is 6.88. The largest absolute Gasteiger partial charge is 0.324 e.